The van der Waals surface area contributed by atoms with E-state index in [1.165, 1.54) is 10.4 Å². The molecule has 1 atom stereocenters. The number of rotatable bonds is 9. The first kappa shape index (κ1) is 32.1. The van der Waals surface area contributed by atoms with Crippen LogP contribution in [-0.2, 0) is 25.4 Å². The van der Waals surface area contributed by atoms with E-state index in [4.69, 9.17) is 23.2 Å². The Balaban J connectivity index is 0.00000405. The van der Waals surface area contributed by atoms with Crippen LogP contribution < -0.4 is 20.3 Å². The Bertz CT molecular complexity index is 1550. The molecule has 0 radical (unpaired) electrons. The van der Waals surface area contributed by atoms with Crippen molar-refractivity contribution >= 4 is 63.1 Å². The molecule has 0 bridgehead atoms. The summed E-state index contributed by atoms with van der Waals surface area (Å²) in [5.74, 6) is -0.604. The average molecular weight is 652 g/mol. The lowest BCUT2D eigenvalue weighted by Crippen LogP contribution is -2.43. The summed E-state index contributed by atoms with van der Waals surface area (Å²) in [4.78, 5) is 25.7. The number of sulfonamides is 1. The number of hydrogen-bond donors (Lipinski definition) is 3. The van der Waals surface area contributed by atoms with Gasteiger partial charge in [-0.25, -0.2) is 8.42 Å². The monoisotopic (exact) mass is 650 g/mol. The molecule has 12 heteroatoms. The Morgan fingerprint density at radius 3 is 2.31 bits per heavy atom. The van der Waals surface area contributed by atoms with Gasteiger partial charge in [0.25, 0.3) is 0 Å². The van der Waals surface area contributed by atoms with Crippen molar-refractivity contribution in [3.63, 3.8) is 0 Å². The van der Waals surface area contributed by atoms with Crippen molar-refractivity contribution in [3.05, 3.63) is 87.9 Å². The highest BCUT2D eigenvalue weighted by molar-refractivity contribution is 7.92. The first-order chi connectivity index (χ1) is 19.7. The predicted octanol–water partition coefficient (Wildman–Crippen LogP) is 5.10. The summed E-state index contributed by atoms with van der Waals surface area (Å²) in [6, 6.07) is 18.7. The maximum atomic E-state index is 14.1. The number of halogens is 3. The number of carbonyl (C=O) groups is 2. The molecule has 2 heterocycles. The number of amides is 2. The first-order valence-corrected chi connectivity index (χ1v) is 16.0. The largest absolute Gasteiger partial charge is 0.354 e. The van der Waals surface area contributed by atoms with Gasteiger partial charge in [-0.05, 0) is 66.7 Å². The molecule has 2 aliphatic rings. The fraction of sp³-hybridized carbons (Fsp3) is 0.333. The van der Waals surface area contributed by atoms with Gasteiger partial charge in [0.1, 0.15) is 0 Å². The predicted molar refractivity (Wildman–Crippen MR) is 170 cm³/mol. The van der Waals surface area contributed by atoms with E-state index in [-0.39, 0.29) is 42.1 Å². The third kappa shape index (κ3) is 7.38. The van der Waals surface area contributed by atoms with Crippen molar-refractivity contribution < 1.29 is 18.0 Å². The molecule has 0 aliphatic carbocycles. The number of benzene rings is 3. The van der Waals surface area contributed by atoms with Gasteiger partial charge >= 0.3 is 0 Å². The molecule has 2 aliphatic heterocycles. The summed E-state index contributed by atoms with van der Waals surface area (Å²) < 4.78 is 29.5. The lowest BCUT2D eigenvalue weighted by Gasteiger charge is -2.39. The van der Waals surface area contributed by atoms with E-state index in [0.29, 0.717) is 28.7 Å². The van der Waals surface area contributed by atoms with E-state index in [1.807, 2.05) is 36.4 Å². The molecule has 0 saturated carbocycles. The molecule has 1 saturated heterocycles. The van der Waals surface area contributed by atoms with Gasteiger partial charge in [0.15, 0.2) is 0 Å². The molecule has 8 nitrogen and oxygen atoms in total. The first-order valence-electron chi connectivity index (χ1n) is 13.6. The molecule has 3 N–H and O–H groups in total. The van der Waals surface area contributed by atoms with Crippen LogP contribution in [0.25, 0.3) is 11.1 Å². The van der Waals surface area contributed by atoms with Crippen LogP contribution in [0.15, 0.2) is 66.7 Å². The Labute approximate surface area is 262 Å². The lowest BCUT2D eigenvalue weighted by atomic mass is 9.88. The van der Waals surface area contributed by atoms with Crippen LogP contribution in [0.3, 0.4) is 0 Å². The lowest BCUT2D eigenvalue weighted by molar-refractivity contribution is -0.126. The number of fused-ring (bicyclic) bond motifs is 3. The molecule has 1 fully saturated rings. The van der Waals surface area contributed by atoms with Gasteiger partial charge in [0.2, 0.25) is 21.8 Å². The van der Waals surface area contributed by atoms with Crippen molar-refractivity contribution in [2.45, 2.75) is 31.1 Å². The van der Waals surface area contributed by atoms with Crippen molar-refractivity contribution in [1.82, 2.24) is 16.0 Å². The van der Waals surface area contributed by atoms with Crippen molar-refractivity contribution in [3.8, 4) is 11.1 Å². The maximum absolute atomic E-state index is 14.1. The Hall–Kier alpha value is -2.82. The summed E-state index contributed by atoms with van der Waals surface area (Å²) in [6.07, 6.45) is 1.84. The smallest absolute Gasteiger partial charge is 0.239 e. The Morgan fingerprint density at radius 2 is 1.57 bits per heavy atom. The molecule has 2 amide bonds. The highest BCUT2D eigenvalue weighted by Crippen LogP contribution is 2.47. The number of anilines is 1. The molecular weight excluding hydrogens is 619 g/mol. The molecule has 0 aromatic heterocycles. The second kappa shape index (κ2) is 14.1. The summed E-state index contributed by atoms with van der Waals surface area (Å²) in [7, 11) is -4.00. The van der Waals surface area contributed by atoms with Crippen LogP contribution in [0.4, 0.5) is 5.69 Å². The molecule has 42 heavy (non-hydrogen) atoms. The van der Waals surface area contributed by atoms with Crippen molar-refractivity contribution in [2.24, 2.45) is 5.92 Å². The molecule has 3 aromatic rings. The van der Waals surface area contributed by atoms with Gasteiger partial charge in [0, 0.05) is 12.1 Å². The van der Waals surface area contributed by atoms with Gasteiger partial charge < -0.3 is 16.0 Å². The quantitative estimate of drug-likeness (QED) is 0.299. The number of piperidine rings is 1. The average Bonchev–Trinajstić information content (AvgIpc) is 2.97. The van der Waals surface area contributed by atoms with Crippen LogP contribution in [0.1, 0.15) is 36.4 Å². The van der Waals surface area contributed by atoms with E-state index in [1.54, 1.807) is 24.3 Å². The SMILES string of the molecule is Cl.O=C(CNC(=O)CC1c2ccccc2-c2ccccc2N1S(=O)(=O)Cc1ccc(Cl)c(Cl)c1)NCC1CCNCC1. The molecular formula is C30H33Cl3N4O4S. The molecule has 0 spiro atoms. The minimum Gasteiger partial charge on any atom is -0.354 e. The highest BCUT2D eigenvalue weighted by Gasteiger charge is 2.39. The fourth-order valence-electron chi connectivity index (χ4n) is 5.50. The third-order valence-corrected chi connectivity index (χ3v) is 10.0. The summed E-state index contributed by atoms with van der Waals surface area (Å²) in [5.41, 5.74) is 3.30. The minimum absolute atomic E-state index is 0. The zero-order valence-corrected chi connectivity index (χ0v) is 26.0. The summed E-state index contributed by atoms with van der Waals surface area (Å²) >= 11 is 12.2. The fourth-order valence-corrected chi connectivity index (χ4v) is 7.60. The Morgan fingerprint density at radius 1 is 0.881 bits per heavy atom. The van der Waals surface area contributed by atoms with Gasteiger partial charge in [-0.1, -0.05) is 71.7 Å². The molecule has 5 rings (SSSR count). The third-order valence-electron chi connectivity index (χ3n) is 7.54. The van der Waals surface area contributed by atoms with Crippen LogP contribution in [0, 0.1) is 5.92 Å². The number of hydrogen-bond acceptors (Lipinski definition) is 5. The topological polar surface area (TPSA) is 108 Å². The number of nitrogens with one attached hydrogen (secondary N) is 3. The van der Waals surface area contributed by atoms with E-state index in [0.717, 1.165) is 42.6 Å². The minimum atomic E-state index is -4.00. The summed E-state index contributed by atoms with van der Waals surface area (Å²) in [6.45, 7) is 2.27. The van der Waals surface area contributed by atoms with Crippen LogP contribution >= 0.6 is 35.6 Å². The van der Waals surface area contributed by atoms with Crippen LogP contribution in [0.2, 0.25) is 10.0 Å². The van der Waals surface area contributed by atoms with Crippen molar-refractivity contribution in [1.29, 1.82) is 0 Å². The summed E-state index contributed by atoms with van der Waals surface area (Å²) in [5, 5.41) is 9.49. The molecule has 3 aromatic carbocycles. The van der Waals surface area contributed by atoms with Gasteiger partial charge in [-0.15, -0.1) is 12.4 Å². The Kier molecular flexibility index (Phi) is 10.8. The van der Waals surface area contributed by atoms with Gasteiger partial charge in [0.05, 0.1) is 40.5 Å². The normalized spacial score (nSPS) is 16.5. The van der Waals surface area contributed by atoms with Crippen molar-refractivity contribution in [2.75, 3.05) is 30.5 Å². The number of carbonyl (C=O) groups excluding carboxylic acids is 2. The van der Waals surface area contributed by atoms with E-state index < -0.39 is 22.0 Å². The number of para-hydroxylation sites is 1. The standard InChI is InChI=1S/C30H32Cl2N4O4S.ClH/c31-25-10-9-21(15-26(25)32)19-41(39,40)36-27-8-4-3-6-23(27)22-5-1-2-7-24(22)28(36)16-29(37)35-18-30(38)34-17-20-11-13-33-14-12-20;/h1-10,15,20,28,33H,11-14,16-19H2,(H,34,38)(H,35,37);1H. The van der Waals surface area contributed by atoms with E-state index >= 15 is 0 Å². The zero-order valence-electron chi connectivity index (χ0n) is 22.8. The second-order valence-corrected chi connectivity index (χ2v) is 13.1. The van der Waals surface area contributed by atoms with E-state index in [9.17, 15) is 18.0 Å². The second-order valence-electron chi connectivity index (χ2n) is 10.4. The molecule has 224 valence electrons. The van der Waals surface area contributed by atoms with Crippen LogP contribution in [-0.4, -0.2) is 46.4 Å². The van der Waals surface area contributed by atoms with Gasteiger partial charge in [-0.2, -0.15) is 0 Å². The maximum Gasteiger partial charge on any atom is 0.239 e. The highest BCUT2D eigenvalue weighted by atomic mass is 35.5. The van der Waals surface area contributed by atoms with Gasteiger partial charge in [-0.3, -0.25) is 13.9 Å². The van der Waals surface area contributed by atoms with Crippen LogP contribution in [0.5, 0.6) is 0 Å². The molecule has 1 unspecified atom stereocenters. The number of nitrogens with zero attached hydrogens (tertiary/aromatic N) is 1. The zero-order chi connectivity index (χ0) is 29.0. The van der Waals surface area contributed by atoms with E-state index in [2.05, 4.69) is 16.0 Å².